The first-order chi connectivity index (χ1) is 11.6. The third-order valence-electron chi connectivity index (χ3n) is 4.08. The average molecular weight is 340 g/mol. The van der Waals surface area contributed by atoms with Crippen molar-refractivity contribution in [3.63, 3.8) is 0 Å². The molecule has 0 atom stereocenters. The van der Waals surface area contributed by atoms with E-state index in [1.54, 1.807) is 11.3 Å². The summed E-state index contributed by atoms with van der Waals surface area (Å²) in [4.78, 5) is 26.7. The lowest BCUT2D eigenvalue weighted by atomic mass is 10.0. The molecule has 24 heavy (non-hydrogen) atoms. The van der Waals surface area contributed by atoms with Crippen LogP contribution in [0.2, 0.25) is 0 Å². The van der Waals surface area contributed by atoms with Crippen LogP contribution in [0.25, 0.3) is 5.57 Å². The van der Waals surface area contributed by atoms with Crippen LogP contribution in [0.5, 0.6) is 0 Å². The summed E-state index contributed by atoms with van der Waals surface area (Å²) in [5.41, 5.74) is 3.01. The molecule has 0 saturated carbocycles. The number of carbonyl (C=O) groups excluding carboxylic acids is 2. The Morgan fingerprint density at radius 2 is 2.00 bits per heavy atom. The normalized spacial score (nSPS) is 14.2. The van der Waals surface area contributed by atoms with Gasteiger partial charge in [-0.3, -0.25) is 9.59 Å². The topological polar surface area (TPSA) is 49.4 Å². The minimum Gasteiger partial charge on any atom is -0.352 e. The molecule has 1 N–H and O–H groups in total. The highest BCUT2D eigenvalue weighted by atomic mass is 32.1. The lowest BCUT2D eigenvalue weighted by Crippen LogP contribution is -2.34. The van der Waals surface area contributed by atoms with E-state index < -0.39 is 0 Å². The van der Waals surface area contributed by atoms with Crippen molar-refractivity contribution < 1.29 is 9.59 Å². The molecule has 0 radical (unpaired) electrons. The molecule has 3 rings (SSSR count). The molecule has 2 amide bonds. The first kappa shape index (κ1) is 16.5. The zero-order valence-corrected chi connectivity index (χ0v) is 14.4. The highest BCUT2D eigenvalue weighted by molar-refractivity contribution is 7.11. The fourth-order valence-electron chi connectivity index (χ4n) is 2.71. The van der Waals surface area contributed by atoms with Gasteiger partial charge in [-0.2, -0.15) is 0 Å². The molecule has 0 fully saturated rings. The highest BCUT2D eigenvalue weighted by Gasteiger charge is 2.19. The van der Waals surface area contributed by atoms with E-state index in [4.69, 9.17) is 0 Å². The number of amides is 2. The molecule has 2 aromatic rings. The van der Waals surface area contributed by atoms with E-state index in [2.05, 4.69) is 28.9 Å². The minimum absolute atomic E-state index is 0.0579. The van der Waals surface area contributed by atoms with Crippen LogP contribution in [-0.4, -0.2) is 29.8 Å². The van der Waals surface area contributed by atoms with Crippen LogP contribution >= 0.6 is 11.3 Å². The Labute approximate surface area is 145 Å². The summed E-state index contributed by atoms with van der Waals surface area (Å²) in [6.07, 6.45) is 3.05. The summed E-state index contributed by atoms with van der Waals surface area (Å²) in [6.45, 7) is 3.38. The lowest BCUT2D eigenvalue weighted by molar-refractivity contribution is -0.119. The Kier molecular flexibility index (Phi) is 5.11. The molecule has 0 aliphatic carbocycles. The van der Waals surface area contributed by atoms with Crippen LogP contribution < -0.4 is 5.32 Å². The molecule has 2 heterocycles. The summed E-state index contributed by atoms with van der Waals surface area (Å²) in [6, 6.07) is 11.6. The highest BCUT2D eigenvalue weighted by Crippen LogP contribution is 2.26. The van der Waals surface area contributed by atoms with Crippen LogP contribution in [0.15, 0.2) is 47.9 Å². The number of benzene rings is 1. The smallest absolute Gasteiger partial charge is 0.254 e. The fraction of sp³-hybridized carbons (Fsp3) is 0.263. The number of hydrogen-bond donors (Lipinski definition) is 1. The molecule has 1 aromatic carbocycles. The maximum Gasteiger partial charge on any atom is 0.254 e. The van der Waals surface area contributed by atoms with Crippen molar-refractivity contribution in [3.8, 4) is 0 Å². The van der Waals surface area contributed by atoms with Crippen molar-refractivity contribution >= 4 is 28.7 Å². The van der Waals surface area contributed by atoms with E-state index in [1.165, 1.54) is 17.4 Å². The van der Waals surface area contributed by atoms with Gasteiger partial charge in [0.1, 0.15) is 0 Å². The summed E-state index contributed by atoms with van der Waals surface area (Å²) >= 11 is 1.74. The molecule has 0 bridgehead atoms. The van der Waals surface area contributed by atoms with Gasteiger partial charge in [-0.15, -0.1) is 11.3 Å². The number of nitrogens with one attached hydrogen (secondary N) is 1. The third-order valence-corrected chi connectivity index (χ3v) is 5.02. The Balaban J connectivity index is 1.62. The number of nitrogens with zero attached hydrogens (tertiary/aromatic N) is 1. The molecule has 0 unspecified atom stereocenters. The first-order valence-electron chi connectivity index (χ1n) is 7.99. The first-order valence-corrected chi connectivity index (χ1v) is 8.87. The summed E-state index contributed by atoms with van der Waals surface area (Å²) in [7, 11) is 0. The van der Waals surface area contributed by atoms with E-state index in [1.807, 2.05) is 29.2 Å². The number of carbonyl (C=O) groups is 2. The molecule has 4 nitrogen and oxygen atoms in total. The lowest BCUT2D eigenvalue weighted by Gasteiger charge is -2.26. The molecule has 0 spiro atoms. The van der Waals surface area contributed by atoms with Crippen LogP contribution in [0, 0.1) is 0 Å². The predicted octanol–water partition coefficient (Wildman–Crippen LogP) is 3.31. The van der Waals surface area contributed by atoms with Crippen molar-refractivity contribution in [3.05, 3.63) is 63.9 Å². The van der Waals surface area contributed by atoms with Crippen LogP contribution in [0.1, 0.15) is 34.1 Å². The molecular formula is C19H20N2O2S. The van der Waals surface area contributed by atoms with Gasteiger partial charge in [-0.05, 0) is 41.1 Å². The van der Waals surface area contributed by atoms with Gasteiger partial charge in [0.25, 0.3) is 5.91 Å². The van der Waals surface area contributed by atoms with E-state index in [-0.39, 0.29) is 11.8 Å². The predicted molar refractivity (Wildman–Crippen MR) is 96.8 cm³/mol. The molecule has 1 aromatic heterocycles. The van der Waals surface area contributed by atoms with Crippen molar-refractivity contribution in [2.45, 2.75) is 19.9 Å². The van der Waals surface area contributed by atoms with Gasteiger partial charge < -0.3 is 10.2 Å². The average Bonchev–Trinajstić information content (AvgIpc) is 3.14. The molecular weight excluding hydrogens is 320 g/mol. The van der Waals surface area contributed by atoms with Gasteiger partial charge in [0.05, 0.1) is 0 Å². The van der Waals surface area contributed by atoms with E-state index in [9.17, 15) is 9.59 Å². The van der Waals surface area contributed by atoms with Gasteiger partial charge >= 0.3 is 0 Å². The second kappa shape index (κ2) is 7.45. The van der Waals surface area contributed by atoms with Gasteiger partial charge in [-0.25, -0.2) is 0 Å². The van der Waals surface area contributed by atoms with E-state index in [0.29, 0.717) is 18.7 Å². The largest absolute Gasteiger partial charge is 0.352 e. The zero-order chi connectivity index (χ0) is 16.9. The van der Waals surface area contributed by atoms with Crippen LogP contribution in [0.3, 0.4) is 0 Å². The van der Waals surface area contributed by atoms with Crippen molar-refractivity contribution in [1.82, 2.24) is 10.2 Å². The Morgan fingerprint density at radius 1 is 1.21 bits per heavy atom. The van der Waals surface area contributed by atoms with E-state index in [0.717, 1.165) is 18.5 Å². The molecule has 0 saturated heterocycles. The standard InChI is InChI=1S/C19H20N2O2S/c1-14(22)20-13-15-4-6-17(7-5-15)19(23)21-10-8-16(9-11-21)18-3-2-12-24-18/h2-8,12H,9-11,13H2,1H3,(H,20,22). The second-order valence-corrected chi connectivity index (χ2v) is 6.76. The minimum atomic E-state index is -0.0585. The summed E-state index contributed by atoms with van der Waals surface area (Å²) in [5, 5.41) is 4.83. The fourth-order valence-corrected chi connectivity index (χ4v) is 3.51. The van der Waals surface area contributed by atoms with Crippen LogP contribution in [0.4, 0.5) is 0 Å². The molecule has 1 aliphatic rings. The summed E-state index contributed by atoms with van der Waals surface area (Å²) in [5.74, 6) is -0.000594. The van der Waals surface area contributed by atoms with Gasteiger partial charge in [-0.1, -0.05) is 24.3 Å². The summed E-state index contributed by atoms with van der Waals surface area (Å²) < 4.78 is 0. The number of rotatable bonds is 4. The Hall–Kier alpha value is -2.40. The van der Waals surface area contributed by atoms with Crippen molar-refractivity contribution in [2.75, 3.05) is 13.1 Å². The molecule has 124 valence electrons. The monoisotopic (exact) mass is 340 g/mol. The van der Waals surface area contributed by atoms with Crippen molar-refractivity contribution in [2.24, 2.45) is 0 Å². The van der Waals surface area contributed by atoms with Crippen molar-refractivity contribution in [1.29, 1.82) is 0 Å². The zero-order valence-electron chi connectivity index (χ0n) is 13.6. The van der Waals surface area contributed by atoms with Gasteiger partial charge in [0.15, 0.2) is 0 Å². The van der Waals surface area contributed by atoms with Crippen LogP contribution in [-0.2, 0) is 11.3 Å². The third kappa shape index (κ3) is 3.92. The number of hydrogen-bond acceptors (Lipinski definition) is 3. The maximum atomic E-state index is 12.6. The molecule has 1 aliphatic heterocycles. The van der Waals surface area contributed by atoms with Gasteiger partial charge in [0.2, 0.25) is 5.91 Å². The Morgan fingerprint density at radius 3 is 2.58 bits per heavy atom. The Bertz CT molecular complexity index is 748. The SMILES string of the molecule is CC(=O)NCc1ccc(C(=O)N2CC=C(c3cccs3)CC2)cc1. The second-order valence-electron chi connectivity index (χ2n) is 5.81. The van der Waals surface area contributed by atoms with Gasteiger partial charge in [0, 0.05) is 37.0 Å². The maximum absolute atomic E-state index is 12.6. The number of thiophene rings is 1. The molecule has 5 heteroatoms. The quantitative estimate of drug-likeness (QED) is 0.928. The van der Waals surface area contributed by atoms with E-state index >= 15 is 0 Å².